The number of nitrogens with zero attached hydrogens (tertiary/aromatic N) is 3. The summed E-state index contributed by atoms with van der Waals surface area (Å²) >= 11 is 5.75. The van der Waals surface area contributed by atoms with Crippen molar-refractivity contribution in [2.24, 2.45) is 0 Å². The molecule has 1 amide bonds. The molecular formula is C31H30F3N5O2S. The van der Waals surface area contributed by atoms with E-state index in [-0.39, 0.29) is 24.4 Å². The number of aromatic nitrogens is 2. The van der Waals surface area contributed by atoms with Crippen LogP contribution in [0.5, 0.6) is 5.75 Å². The number of halogens is 3. The van der Waals surface area contributed by atoms with Crippen LogP contribution in [0.1, 0.15) is 46.7 Å². The van der Waals surface area contributed by atoms with E-state index in [1.165, 1.54) is 13.2 Å². The van der Waals surface area contributed by atoms with Crippen molar-refractivity contribution in [2.75, 3.05) is 19.0 Å². The summed E-state index contributed by atoms with van der Waals surface area (Å²) in [5.41, 5.74) is 3.44. The van der Waals surface area contributed by atoms with Crippen LogP contribution in [0.25, 0.3) is 5.69 Å². The minimum absolute atomic E-state index is 0.137. The molecule has 0 radical (unpaired) electrons. The van der Waals surface area contributed by atoms with Gasteiger partial charge in [0.2, 0.25) is 5.91 Å². The van der Waals surface area contributed by atoms with E-state index in [1.807, 2.05) is 59.7 Å². The van der Waals surface area contributed by atoms with Crippen molar-refractivity contribution in [3.63, 3.8) is 0 Å². The number of methoxy groups -OCH3 is 1. The van der Waals surface area contributed by atoms with E-state index in [2.05, 4.69) is 15.6 Å². The first-order chi connectivity index (χ1) is 20.1. The third-order valence-electron chi connectivity index (χ3n) is 7.38. The van der Waals surface area contributed by atoms with Crippen molar-refractivity contribution in [3.8, 4) is 11.4 Å². The summed E-state index contributed by atoms with van der Waals surface area (Å²) in [6.45, 7) is 4.04. The Morgan fingerprint density at radius 3 is 2.55 bits per heavy atom. The summed E-state index contributed by atoms with van der Waals surface area (Å²) in [5, 5.41) is 6.73. The van der Waals surface area contributed by atoms with Gasteiger partial charge in [0.1, 0.15) is 5.75 Å². The van der Waals surface area contributed by atoms with Crippen LogP contribution < -0.4 is 15.4 Å². The predicted octanol–water partition coefficient (Wildman–Crippen LogP) is 6.52. The molecule has 5 rings (SSSR count). The van der Waals surface area contributed by atoms with E-state index < -0.39 is 11.7 Å². The number of hydrogen-bond acceptors (Lipinski definition) is 4. The third-order valence-corrected chi connectivity index (χ3v) is 7.73. The number of anilines is 1. The van der Waals surface area contributed by atoms with E-state index in [0.29, 0.717) is 28.8 Å². The molecule has 4 aromatic rings. The Morgan fingerprint density at radius 1 is 1.07 bits per heavy atom. The molecule has 7 nitrogen and oxygen atoms in total. The lowest BCUT2D eigenvalue weighted by Gasteiger charge is -2.28. The molecular weight excluding hydrogens is 563 g/mol. The molecule has 42 heavy (non-hydrogen) atoms. The Labute approximate surface area is 247 Å². The van der Waals surface area contributed by atoms with Gasteiger partial charge in [-0.15, -0.1) is 0 Å². The van der Waals surface area contributed by atoms with Gasteiger partial charge in [-0.2, -0.15) is 13.2 Å². The van der Waals surface area contributed by atoms with Crippen LogP contribution in [0.4, 0.5) is 18.9 Å². The number of amides is 1. The highest BCUT2D eigenvalue weighted by molar-refractivity contribution is 7.80. The van der Waals surface area contributed by atoms with E-state index in [0.717, 1.165) is 34.8 Å². The third kappa shape index (κ3) is 5.82. The maximum absolute atomic E-state index is 13.5. The highest BCUT2D eigenvalue weighted by atomic mass is 32.1. The molecule has 218 valence electrons. The topological polar surface area (TPSA) is 71.4 Å². The second-order valence-corrected chi connectivity index (χ2v) is 10.4. The molecule has 0 saturated carbocycles. The van der Waals surface area contributed by atoms with E-state index in [9.17, 15) is 18.0 Å². The summed E-state index contributed by atoms with van der Waals surface area (Å²) in [5.74, 6) is 0.344. The van der Waals surface area contributed by atoms with E-state index in [1.54, 1.807) is 24.4 Å². The number of ether oxygens (including phenoxy) is 1. The SMILES string of the molecule is COc1ccccc1NC(=O)CCN1C(=S)N[C@@H](c2ccccn2)[C@@H]1c1cc(C)n(-c2cccc(C(F)(F)F)c2)c1C. The van der Waals surface area contributed by atoms with Gasteiger partial charge >= 0.3 is 6.18 Å². The molecule has 0 aliphatic carbocycles. The van der Waals surface area contributed by atoms with Crippen LogP contribution >= 0.6 is 12.2 Å². The van der Waals surface area contributed by atoms with Gasteiger partial charge in [-0.3, -0.25) is 9.78 Å². The first-order valence-electron chi connectivity index (χ1n) is 13.4. The Morgan fingerprint density at radius 2 is 1.83 bits per heavy atom. The van der Waals surface area contributed by atoms with E-state index >= 15 is 0 Å². The number of benzene rings is 2. The van der Waals surface area contributed by atoms with Gasteiger partial charge in [0.05, 0.1) is 36.1 Å². The molecule has 2 aromatic carbocycles. The Hall–Kier alpha value is -4.38. The molecule has 1 aliphatic rings. The molecule has 2 aromatic heterocycles. The molecule has 2 atom stereocenters. The molecule has 2 N–H and O–H groups in total. The smallest absolute Gasteiger partial charge is 0.416 e. The zero-order valence-electron chi connectivity index (χ0n) is 23.3. The lowest BCUT2D eigenvalue weighted by atomic mass is 9.96. The summed E-state index contributed by atoms with van der Waals surface area (Å²) in [6.07, 6.45) is -2.62. The highest BCUT2D eigenvalue weighted by Gasteiger charge is 2.41. The second kappa shape index (κ2) is 11.8. The maximum atomic E-state index is 13.5. The molecule has 1 aliphatic heterocycles. The zero-order valence-corrected chi connectivity index (χ0v) is 24.1. The number of carbonyl (C=O) groups is 1. The average molecular weight is 594 g/mol. The van der Waals surface area contributed by atoms with Gasteiger partial charge in [-0.1, -0.05) is 24.3 Å². The summed E-state index contributed by atoms with van der Waals surface area (Å²) in [7, 11) is 1.54. The van der Waals surface area contributed by atoms with Crippen molar-refractivity contribution in [1.29, 1.82) is 0 Å². The van der Waals surface area contributed by atoms with Crippen molar-refractivity contribution in [1.82, 2.24) is 19.8 Å². The number of nitrogens with one attached hydrogen (secondary N) is 2. The molecule has 1 fully saturated rings. The first-order valence-corrected chi connectivity index (χ1v) is 13.8. The van der Waals surface area contributed by atoms with Gasteiger partial charge in [-0.05, 0) is 80.2 Å². The standard InChI is InChI=1S/C31H30F3N5O2S/c1-19-17-23(20(2)39(19)22-10-8-9-21(18-22)31(32,33)34)29-28(25-12-6-7-15-35-25)37-30(42)38(29)16-14-27(40)36-24-11-4-5-13-26(24)41-3/h4-13,15,17-18,28-29H,14,16H2,1-3H3,(H,36,40)(H,37,42)/t28-,29-/m0/s1. The number of pyridine rings is 1. The summed E-state index contributed by atoms with van der Waals surface area (Å²) in [6, 6.07) is 19.3. The summed E-state index contributed by atoms with van der Waals surface area (Å²) < 4.78 is 47.7. The second-order valence-electron chi connectivity index (χ2n) is 10.0. The number of thiocarbonyl (C=S) groups is 1. The predicted molar refractivity (Wildman–Crippen MR) is 159 cm³/mol. The lowest BCUT2D eigenvalue weighted by Crippen LogP contribution is -2.33. The molecule has 0 bridgehead atoms. The number of alkyl halides is 3. The van der Waals surface area contributed by atoms with Crippen LogP contribution in [0, 0.1) is 13.8 Å². The fraction of sp³-hybridized carbons (Fsp3) is 0.258. The average Bonchev–Trinajstić information content (AvgIpc) is 3.46. The fourth-order valence-corrected chi connectivity index (χ4v) is 5.80. The van der Waals surface area contributed by atoms with E-state index in [4.69, 9.17) is 17.0 Å². The van der Waals surface area contributed by atoms with Crippen molar-refractivity contribution >= 4 is 28.9 Å². The lowest BCUT2D eigenvalue weighted by molar-refractivity contribution is -0.137. The number of carbonyl (C=O) groups excluding carboxylic acids is 1. The van der Waals surface area contributed by atoms with Crippen LogP contribution in [-0.4, -0.2) is 39.1 Å². The van der Waals surface area contributed by atoms with Crippen LogP contribution in [0.2, 0.25) is 0 Å². The quantitative estimate of drug-likeness (QED) is 0.227. The van der Waals surface area contributed by atoms with Crippen molar-refractivity contribution in [2.45, 2.75) is 38.5 Å². The molecule has 0 unspecified atom stereocenters. The minimum atomic E-state index is -4.46. The normalized spacial score (nSPS) is 16.8. The number of hydrogen-bond donors (Lipinski definition) is 2. The van der Waals surface area contributed by atoms with Crippen LogP contribution in [0.3, 0.4) is 0 Å². The van der Waals surface area contributed by atoms with Crippen LogP contribution in [-0.2, 0) is 11.0 Å². The van der Waals surface area contributed by atoms with Gasteiger partial charge in [-0.25, -0.2) is 0 Å². The maximum Gasteiger partial charge on any atom is 0.416 e. The highest BCUT2D eigenvalue weighted by Crippen LogP contribution is 2.42. The monoisotopic (exact) mass is 593 g/mol. The zero-order chi connectivity index (χ0) is 30.0. The molecule has 1 saturated heterocycles. The Balaban J connectivity index is 1.48. The minimum Gasteiger partial charge on any atom is -0.495 e. The Bertz CT molecular complexity index is 1610. The largest absolute Gasteiger partial charge is 0.495 e. The van der Waals surface area contributed by atoms with Gasteiger partial charge < -0.3 is 24.8 Å². The van der Waals surface area contributed by atoms with Crippen molar-refractivity contribution < 1.29 is 22.7 Å². The number of rotatable bonds is 8. The number of aryl methyl sites for hydroxylation is 1. The van der Waals surface area contributed by atoms with Gasteiger partial charge in [0.15, 0.2) is 5.11 Å². The van der Waals surface area contributed by atoms with Crippen molar-refractivity contribution in [3.05, 3.63) is 107 Å². The molecule has 3 heterocycles. The number of para-hydroxylation sites is 2. The molecule has 0 spiro atoms. The first kappa shape index (κ1) is 29.1. The Kier molecular flexibility index (Phi) is 8.22. The van der Waals surface area contributed by atoms with Crippen LogP contribution in [0.15, 0.2) is 79.0 Å². The van der Waals surface area contributed by atoms with Gasteiger partial charge in [0, 0.05) is 36.2 Å². The summed E-state index contributed by atoms with van der Waals surface area (Å²) in [4.78, 5) is 19.5. The van der Waals surface area contributed by atoms with Gasteiger partial charge in [0.25, 0.3) is 0 Å². The fourth-order valence-electron chi connectivity index (χ4n) is 5.47. The molecule has 11 heteroatoms.